The molecule has 32 heavy (non-hydrogen) atoms. The number of hydrogen-bond acceptors (Lipinski definition) is 4. The first-order valence-electron chi connectivity index (χ1n) is 11.4. The van der Waals surface area contributed by atoms with E-state index in [4.69, 9.17) is 9.73 Å². The van der Waals surface area contributed by atoms with Crippen LogP contribution in [0, 0.1) is 0 Å². The number of amides is 1. The van der Waals surface area contributed by atoms with Gasteiger partial charge in [-0.1, -0.05) is 30.3 Å². The molecule has 2 aliphatic rings. The number of hydrogen-bond donors (Lipinski definition) is 3. The number of aliphatic imine (C=N–C) groups is 1. The molecule has 0 aromatic heterocycles. The topological polar surface area (TPSA) is 78.0 Å². The molecule has 1 atom stereocenters. The standard InChI is InChI=1S/C25H33N5O2/c1-4-26-24(29-21-15-25(2,3)32-22-8-6-5-7-20(21)22)28-16-18-9-11-19(12-10-18)30-14-13-27-23(31)17-30/h5-12,21H,4,13-17H2,1-3H3,(H,27,31)(H2,26,28,29). The van der Waals surface area contributed by atoms with Crippen LogP contribution in [0.4, 0.5) is 5.69 Å². The predicted octanol–water partition coefficient (Wildman–Crippen LogP) is 2.98. The Morgan fingerprint density at radius 3 is 2.75 bits per heavy atom. The monoisotopic (exact) mass is 435 g/mol. The van der Waals surface area contributed by atoms with Gasteiger partial charge in [0.2, 0.25) is 5.91 Å². The molecule has 0 spiro atoms. The van der Waals surface area contributed by atoms with Crippen molar-refractivity contribution in [3.8, 4) is 5.75 Å². The zero-order valence-corrected chi connectivity index (χ0v) is 19.1. The van der Waals surface area contributed by atoms with E-state index < -0.39 is 0 Å². The number of benzene rings is 2. The molecule has 2 heterocycles. The maximum atomic E-state index is 11.6. The van der Waals surface area contributed by atoms with Crippen molar-refractivity contribution in [2.75, 3.05) is 31.1 Å². The SMILES string of the molecule is CCNC(=NCc1ccc(N2CCNC(=O)C2)cc1)NC1CC(C)(C)Oc2ccccc21. The van der Waals surface area contributed by atoms with Gasteiger partial charge in [-0.25, -0.2) is 4.99 Å². The van der Waals surface area contributed by atoms with E-state index in [-0.39, 0.29) is 17.6 Å². The van der Waals surface area contributed by atoms with Crippen molar-refractivity contribution in [2.24, 2.45) is 4.99 Å². The second-order valence-corrected chi connectivity index (χ2v) is 8.93. The molecule has 2 aromatic rings. The predicted molar refractivity (Wildman–Crippen MR) is 128 cm³/mol. The first-order valence-corrected chi connectivity index (χ1v) is 11.4. The number of piperazine rings is 1. The average molecular weight is 436 g/mol. The molecule has 1 amide bonds. The molecular formula is C25H33N5O2. The van der Waals surface area contributed by atoms with Gasteiger partial charge < -0.3 is 25.6 Å². The van der Waals surface area contributed by atoms with Crippen molar-refractivity contribution in [3.63, 3.8) is 0 Å². The third-order valence-electron chi connectivity index (χ3n) is 5.79. The molecule has 4 rings (SSSR count). The summed E-state index contributed by atoms with van der Waals surface area (Å²) in [6, 6.07) is 16.6. The van der Waals surface area contributed by atoms with Crippen molar-refractivity contribution < 1.29 is 9.53 Å². The summed E-state index contributed by atoms with van der Waals surface area (Å²) < 4.78 is 6.16. The van der Waals surface area contributed by atoms with E-state index >= 15 is 0 Å². The second-order valence-electron chi connectivity index (χ2n) is 8.93. The van der Waals surface area contributed by atoms with E-state index in [2.05, 4.69) is 72.0 Å². The summed E-state index contributed by atoms with van der Waals surface area (Å²) >= 11 is 0. The lowest BCUT2D eigenvalue weighted by molar-refractivity contribution is -0.120. The lowest BCUT2D eigenvalue weighted by atomic mass is 9.90. The number of rotatable bonds is 5. The molecule has 0 saturated carbocycles. The van der Waals surface area contributed by atoms with E-state index in [1.54, 1.807) is 0 Å². The zero-order valence-electron chi connectivity index (χ0n) is 19.1. The van der Waals surface area contributed by atoms with Crippen LogP contribution in [-0.4, -0.2) is 43.6 Å². The minimum atomic E-state index is -0.246. The maximum absolute atomic E-state index is 11.6. The van der Waals surface area contributed by atoms with Gasteiger partial charge in [0.15, 0.2) is 5.96 Å². The summed E-state index contributed by atoms with van der Waals surface area (Å²) in [5.74, 6) is 1.80. The number of carbonyl (C=O) groups is 1. The first-order chi connectivity index (χ1) is 15.4. The van der Waals surface area contributed by atoms with Crippen LogP contribution in [-0.2, 0) is 11.3 Å². The number of fused-ring (bicyclic) bond motifs is 1. The summed E-state index contributed by atoms with van der Waals surface area (Å²) in [5, 5.41) is 9.85. The van der Waals surface area contributed by atoms with Gasteiger partial charge in [-0.05, 0) is 44.5 Å². The van der Waals surface area contributed by atoms with Crippen LogP contribution in [0.15, 0.2) is 53.5 Å². The highest BCUT2D eigenvalue weighted by Gasteiger charge is 2.33. The highest BCUT2D eigenvalue weighted by atomic mass is 16.5. The summed E-state index contributed by atoms with van der Waals surface area (Å²) in [5.41, 5.74) is 3.11. The van der Waals surface area contributed by atoms with E-state index in [0.717, 1.165) is 48.0 Å². The Morgan fingerprint density at radius 2 is 2.00 bits per heavy atom. The van der Waals surface area contributed by atoms with Gasteiger partial charge in [0, 0.05) is 37.3 Å². The number of nitrogens with one attached hydrogen (secondary N) is 3. The quantitative estimate of drug-likeness (QED) is 0.497. The van der Waals surface area contributed by atoms with Crippen molar-refractivity contribution in [3.05, 3.63) is 59.7 Å². The Bertz CT molecular complexity index is 971. The number of carbonyl (C=O) groups excluding carboxylic acids is 1. The molecule has 170 valence electrons. The highest BCUT2D eigenvalue weighted by molar-refractivity contribution is 5.82. The third-order valence-corrected chi connectivity index (χ3v) is 5.79. The fourth-order valence-electron chi connectivity index (χ4n) is 4.26. The van der Waals surface area contributed by atoms with E-state index in [9.17, 15) is 4.79 Å². The number of ether oxygens (including phenoxy) is 1. The third kappa shape index (κ3) is 5.33. The van der Waals surface area contributed by atoms with E-state index in [1.165, 1.54) is 0 Å². The van der Waals surface area contributed by atoms with Crippen LogP contribution >= 0.6 is 0 Å². The number of anilines is 1. The highest BCUT2D eigenvalue weighted by Crippen LogP contribution is 2.39. The van der Waals surface area contributed by atoms with Gasteiger partial charge in [0.05, 0.1) is 19.1 Å². The Balaban J connectivity index is 1.45. The molecule has 7 heteroatoms. The van der Waals surface area contributed by atoms with Crippen LogP contribution in [0.25, 0.3) is 0 Å². The Hall–Kier alpha value is -3.22. The molecule has 0 radical (unpaired) electrons. The van der Waals surface area contributed by atoms with Crippen molar-refractivity contribution >= 4 is 17.6 Å². The summed E-state index contributed by atoms with van der Waals surface area (Å²) in [6.07, 6.45) is 0.854. The number of guanidine groups is 1. The summed E-state index contributed by atoms with van der Waals surface area (Å²) in [6.45, 7) is 9.61. The molecule has 0 bridgehead atoms. The van der Waals surface area contributed by atoms with Crippen molar-refractivity contribution in [1.29, 1.82) is 0 Å². The largest absolute Gasteiger partial charge is 0.487 e. The minimum absolute atomic E-state index is 0.0733. The lowest BCUT2D eigenvalue weighted by Crippen LogP contribution is -2.47. The van der Waals surface area contributed by atoms with E-state index in [0.29, 0.717) is 19.6 Å². The lowest BCUT2D eigenvalue weighted by Gasteiger charge is -2.38. The van der Waals surface area contributed by atoms with Gasteiger partial charge in [-0.15, -0.1) is 0 Å². The Labute approximate surface area is 190 Å². The first kappa shape index (κ1) is 22.0. The Morgan fingerprint density at radius 1 is 1.22 bits per heavy atom. The fraction of sp³-hybridized carbons (Fsp3) is 0.440. The molecule has 2 aromatic carbocycles. The van der Waals surface area contributed by atoms with Crippen molar-refractivity contribution in [2.45, 2.75) is 45.4 Å². The molecule has 0 aliphatic carbocycles. The van der Waals surface area contributed by atoms with Crippen LogP contribution in [0.5, 0.6) is 5.75 Å². The number of nitrogens with zero attached hydrogens (tertiary/aromatic N) is 2. The maximum Gasteiger partial charge on any atom is 0.239 e. The van der Waals surface area contributed by atoms with Crippen LogP contribution in [0.2, 0.25) is 0 Å². The molecular weight excluding hydrogens is 402 g/mol. The normalized spacial score (nSPS) is 20.1. The van der Waals surface area contributed by atoms with Crippen LogP contribution in [0.3, 0.4) is 0 Å². The molecule has 7 nitrogen and oxygen atoms in total. The van der Waals surface area contributed by atoms with Crippen LogP contribution in [0.1, 0.15) is 44.4 Å². The van der Waals surface area contributed by atoms with Gasteiger partial charge in [-0.3, -0.25) is 4.79 Å². The van der Waals surface area contributed by atoms with Crippen LogP contribution < -0.4 is 25.6 Å². The summed E-state index contributed by atoms with van der Waals surface area (Å²) in [4.78, 5) is 18.6. The van der Waals surface area contributed by atoms with Gasteiger partial charge in [0.25, 0.3) is 0 Å². The van der Waals surface area contributed by atoms with E-state index in [1.807, 2.05) is 18.2 Å². The van der Waals surface area contributed by atoms with Gasteiger partial charge >= 0.3 is 0 Å². The molecule has 1 unspecified atom stereocenters. The van der Waals surface area contributed by atoms with Gasteiger partial charge in [-0.2, -0.15) is 0 Å². The molecule has 3 N–H and O–H groups in total. The minimum Gasteiger partial charge on any atom is -0.487 e. The molecule has 1 fully saturated rings. The van der Waals surface area contributed by atoms with Gasteiger partial charge in [0.1, 0.15) is 11.4 Å². The van der Waals surface area contributed by atoms with Crippen molar-refractivity contribution in [1.82, 2.24) is 16.0 Å². The number of para-hydroxylation sites is 1. The zero-order chi connectivity index (χ0) is 22.6. The molecule has 1 saturated heterocycles. The molecule has 2 aliphatic heterocycles. The fourth-order valence-corrected chi connectivity index (χ4v) is 4.26. The average Bonchev–Trinajstić information content (AvgIpc) is 2.77. The smallest absolute Gasteiger partial charge is 0.239 e. The second kappa shape index (κ2) is 9.51. The summed E-state index contributed by atoms with van der Waals surface area (Å²) in [7, 11) is 0. The Kier molecular flexibility index (Phi) is 6.53.